The molecular weight excluding hydrogens is 236 g/mol. The van der Waals surface area contributed by atoms with Crippen LogP contribution in [0.4, 0.5) is 0 Å². The van der Waals surface area contributed by atoms with Crippen molar-refractivity contribution in [3.8, 4) is 6.07 Å². The smallest absolute Gasteiger partial charge is 0.0700 e. The summed E-state index contributed by atoms with van der Waals surface area (Å²) in [5.74, 6) is 1.08. The average molecular weight is 264 g/mol. The molecule has 0 radical (unpaired) electrons. The van der Waals surface area contributed by atoms with Gasteiger partial charge >= 0.3 is 0 Å². The van der Waals surface area contributed by atoms with Crippen LogP contribution in [-0.4, -0.2) is 36.7 Å². The van der Waals surface area contributed by atoms with Gasteiger partial charge in [-0.05, 0) is 31.6 Å². The zero-order chi connectivity index (χ0) is 13.7. The average Bonchev–Trinajstić information content (AvgIpc) is 2.47. The first-order valence-electron chi connectivity index (χ1n) is 8.03. The molecule has 0 spiro atoms. The van der Waals surface area contributed by atoms with Crippen LogP contribution in [0.5, 0.6) is 0 Å². The highest BCUT2D eigenvalue weighted by atomic mass is 16.5. The molecule has 0 aromatic rings. The van der Waals surface area contributed by atoms with Gasteiger partial charge in [0.2, 0.25) is 0 Å². The number of rotatable bonds is 4. The summed E-state index contributed by atoms with van der Waals surface area (Å²) in [4.78, 5) is 2.55. The van der Waals surface area contributed by atoms with Crippen LogP contribution in [0.1, 0.15) is 52.4 Å². The Morgan fingerprint density at radius 3 is 2.84 bits per heavy atom. The Bertz CT molecular complexity index is 312. The Kier molecular flexibility index (Phi) is 5.66. The van der Waals surface area contributed by atoms with Gasteiger partial charge < -0.3 is 4.74 Å². The Morgan fingerprint density at radius 2 is 2.16 bits per heavy atom. The van der Waals surface area contributed by atoms with E-state index in [0.717, 1.165) is 38.5 Å². The second-order valence-electron chi connectivity index (χ2n) is 6.17. The van der Waals surface area contributed by atoms with Crippen molar-refractivity contribution in [2.24, 2.45) is 11.8 Å². The van der Waals surface area contributed by atoms with Crippen LogP contribution in [0.3, 0.4) is 0 Å². The maximum absolute atomic E-state index is 9.42. The van der Waals surface area contributed by atoms with Gasteiger partial charge in [0, 0.05) is 19.1 Å². The van der Waals surface area contributed by atoms with E-state index in [1.165, 1.54) is 25.7 Å². The van der Waals surface area contributed by atoms with Crippen molar-refractivity contribution < 1.29 is 4.74 Å². The van der Waals surface area contributed by atoms with E-state index in [4.69, 9.17) is 4.74 Å². The maximum Gasteiger partial charge on any atom is 0.0700 e. The molecule has 2 rings (SSSR count). The lowest BCUT2D eigenvalue weighted by atomic mass is 9.76. The van der Waals surface area contributed by atoms with Crippen LogP contribution in [0, 0.1) is 23.2 Å². The van der Waals surface area contributed by atoms with Gasteiger partial charge in [0.05, 0.1) is 24.7 Å². The second-order valence-corrected chi connectivity index (χ2v) is 6.17. The van der Waals surface area contributed by atoms with Crippen molar-refractivity contribution in [2.45, 2.75) is 64.5 Å². The van der Waals surface area contributed by atoms with E-state index in [2.05, 4.69) is 24.8 Å². The molecule has 4 unspecified atom stereocenters. The summed E-state index contributed by atoms with van der Waals surface area (Å²) in [7, 11) is 0. The Labute approximate surface area is 117 Å². The first-order valence-corrected chi connectivity index (χ1v) is 8.03. The molecule has 19 heavy (non-hydrogen) atoms. The normalized spacial score (nSPS) is 36.9. The van der Waals surface area contributed by atoms with Gasteiger partial charge in [-0.25, -0.2) is 0 Å². The molecule has 1 heterocycles. The number of ether oxygens (including phenoxy) is 1. The number of hydrogen-bond acceptors (Lipinski definition) is 3. The Balaban J connectivity index is 1.99. The van der Waals surface area contributed by atoms with Gasteiger partial charge in [-0.2, -0.15) is 5.26 Å². The monoisotopic (exact) mass is 264 g/mol. The summed E-state index contributed by atoms with van der Waals surface area (Å²) < 4.78 is 5.77. The zero-order valence-corrected chi connectivity index (χ0v) is 12.5. The maximum atomic E-state index is 9.42. The molecule has 2 aliphatic rings. The van der Waals surface area contributed by atoms with Crippen molar-refractivity contribution in [1.29, 1.82) is 5.26 Å². The minimum atomic E-state index is 0.240. The van der Waals surface area contributed by atoms with Crippen LogP contribution in [0.25, 0.3) is 0 Å². The largest absolute Gasteiger partial charge is 0.376 e. The van der Waals surface area contributed by atoms with E-state index in [0.29, 0.717) is 12.1 Å². The van der Waals surface area contributed by atoms with Crippen LogP contribution in [0.2, 0.25) is 0 Å². The SMILES string of the molecule is CCCC1CCC(C#N)C(N2CCOC(CC)C2)C1. The number of nitrogens with zero attached hydrogens (tertiary/aromatic N) is 2. The minimum absolute atomic E-state index is 0.240. The fourth-order valence-electron chi connectivity index (χ4n) is 3.75. The van der Waals surface area contributed by atoms with Crippen molar-refractivity contribution >= 4 is 0 Å². The lowest BCUT2D eigenvalue weighted by molar-refractivity contribution is -0.0585. The van der Waals surface area contributed by atoms with Gasteiger partial charge in [0.15, 0.2) is 0 Å². The topological polar surface area (TPSA) is 36.3 Å². The third-order valence-corrected chi connectivity index (χ3v) is 4.88. The minimum Gasteiger partial charge on any atom is -0.376 e. The summed E-state index contributed by atoms with van der Waals surface area (Å²) in [5.41, 5.74) is 0. The first-order chi connectivity index (χ1) is 9.28. The summed E-state index contributed by atoms with van der Waals surface area (Å²) in [6.07, 6.45) is 7.64. The van der Waals surface area contributed by atoms with E-state index < -0.39 is 0 Å². The van der Waals surface area contributed by atoms with Crippen molar-refractivity contribution in [2.75, 3.05) is 19.7 Å². The van der Waals surface area contributed by atoms with Gasteiger partial charge in [-0.15, -0.1) is 0 Å². The predicted octanol–water partition coefficient (Wildman–Crippen LogP) is 3.21. The Hall–Kier alpha value is -0.590. The highest BCUT2D eigenvalue weighted by Crippen LogP contribution is 2.35. The van der Waals surface area contributed by atoms with Gasteiger partial charge in [0.25, 0.3) is 0 Å². The van der Waals surface area contributed by atoms with Crippen molar-refractivity contribution in [3.05, 3.63) is 0 Å². The lowest BCUT2D eigenvalue weighted by Crippen LogP contribution is -2.51. The van der Waals surface area contributed by atoms with Crippen molar-refractivity contribution in [1.82, 2.24) is 4.90 Å². The highest BCUT2D eigenvalue weighted by molar-refractivity contribution is 4.98. The van der Waals surface area contributed by atoms with E-state index >= 15 is 0 Å². The summed E-state index contributed by atoms with van der Waals surface area (Å²) in [6, 6.07) is 3.04. The van der Waals surface area contributed by atoms with E-state index in [-0.39, 0.29) is 5.92 Å². The van der Waals surface area contributed by atoms with Crippen LogP contribution < -0.4 is 0 Å². The van der Waals surface area contributed by atoms with Crippen molar-refractivity contribution in [3.63, 3.8) is 0 Å². The molecule has 0 amide bonds. The molecule has 4 atom stereocenters. The number of hydrogen-bond donors (Lipinski definition) is 0. The fourth-order valence-corrected chi connectivity index (χ4v) is 3.75. The zero-order valence-electron chi connectivity index (χ0n) is 12.5. The molecule has 1 aliphatic carbocycles. The molecule has 3 nitrogen and oxygen atoms in total. The quantitative estimate of drug-likeness (QED) is 0.782. The predicted molar refractivity (Wildman–Crippen MR) is 76.7 cm³/mol. The Morgan fingerprint density at radius 1 is 1.32 bits per heavy atom. The van der Waals surface area contributed by atoms with Crippen LogP contribution in [-0.2, 0) is 4.74 Å². The molecule has 1 aliphatic heterocycles. The third-order valence-electron chi connectivity index (χ3n) is 4.88. The summed E-state index contributed by atoms with van der Waals surface area (Å²) in [5, 5.41) is 9.42. The molecule has 0 N–H and O–H groups in total. The molecule has 108 valence electrons. The van der Waals surface area contributed by atoms with E-state index in [1.54, 1.807) is 0 Å². The molecule has 1 saturated heterocycles. The number of nitriles is 1. The standard InChI is InChI=1S/C16H28N2O/c1-3-5-13-6-7-14(11-17)16(10-13)18-8-9-19-15(4-2)12-18/h13-16H,3-10,12H2,1-2H3. The second kappa shape index (κ2) is 7.26. The molecular formula is C16H28N2O. The van der Waals surface area contributed by atoms with E-state index in [1.807, 2.05) is 0 Å². The number of morpholine rings is 1. The molecule has 0 aromatic carbocycles. The molecule has 0 bridgehead atoms. The van der Waals surface area contributed by atoms with Gasteiger partial charge in [-0.3, -0.25) is 4.90 Å². The van der Waals surface area contributed by atoms with Crippen LogP contribution in [0.15, 0.2) is 0 Å². The molecule has 2 fully saturated rings. The summed E-state index contributed by atoms with van der Waals surface area (Å²) in [6.45, 7) is 7.34. The lowest BCUT2D eigenvalue weighted by Gasteiger charge is -2.43. The van der Waals surface area contributed by atoms with E-state index in [9.17, 15) is 5.26 Å². The summed E-state index contributed by atoms with van der Waals surface area (Å²) >= 11 is 0. The first kappa shape index (κ1) is 14.8. The van der Waals surface area contributed by atoms with Gasteiger partial charge in [-0.1, -0.05) is 26.7 Å². The third kappa shape index (κ3) is 3.70. The van der Waals surface area contributed by atoms with Crippen LogP contribution >= 0.6 is 0 Å². The van der Waals surface area contributed by atoms with Gasteiger partial charge in [0.1, 0.15) is 0 Å². The molecule has 3 heteroatoms. The fraction of sp³-hybridized carbons (Fsp3) is 0.938. The molecule has 0 aromatic heterocycles. The molecule has 1 saturated carbocycles. The highest BCUT2D eigenvalue weighted by Gasteiger charge is 2.36.